The van der Waals surface area contributed by atoms with Crippen molar-refractivity contribution in [2.45, 2.75) is 13.0 Å². The molecule has 4 heteroatoms. The Morgan fingerprint density at radius 3 is 3.22 bits per heavy atom. The average Bonchev–Trinajstić information content (AvgIpc) is 2.78. The van der Waals surface area contributed by atoms with Crippen LogP contribution in [0.5, 0.6) is 5.75 Å². The first-order valence-corrected chi connectivity index (χ1v) is 6.09. The number of hydrogen-bond acceptors (Lipinski definition) is 4. The van der Waals surface area contributed by atoms with Gasteiger partial charge in [0.05, 0.1) is 12.6 Å². The molecule has 1 aliphatic rings. The lowest BCUT2D eigenvalue weighted by Gasteiger charge is -2.08. The van der Waals surface area contributed by atoms with Gasteiger partial charge in [0.1, 0.15) is 12.4 Å². The summed E-state index contributed by atoms with van der Waals surface area (Å²) in [6, 6.07) is 8.16. The van der Waals surface area contributed by atoms with Gasteiger partial charge in [0.25, 0.3) is 0 Å². The Labute approximate surface area is 107 Å². The number of benzene rings is 1. The van der Waals surface area contributed by atoms with Crippen LogP contribution in [0, 0.1) is 0 Å². The van der Waals surface area contributed by atoms with Crippen molar-refractivity contribution in [2.24, 2.45) is 0 Å². The molecule has 0 bridgehead atoms. The first-order chi connectivity index (χ1) is 8.81. The maximum Gasteiger partial charge on any atom is 0.330 e. The van der Waals surface area contributed by atoms with Crippen LogP contribution in [0.4, 0.5) is 0 Å². The highest BCUT2D eigenvalue weighted by Crippen LogP contribution is 2.31. The van der Waals surface area contributed by atoms with E-state index in [1.54, 1.807) is 13.0 Å². The predicted octanol–water partition coefficient (Wildman–Crippen LogP) is 1.83. The second-order valence-electron chi connectivity index (χ2n) is 3.96. The lowest BCUT2D eigenvalue weighted by Crippen LogP contribution is -2.22. The summed E-state index contributed by atoms with van der Waals surface area (Å²) in [6.07, 6.45) is 3.21. The van der Waals surface area contributed by atoms with Gasteiger partial charge in [0, 0.05) is 18.2 Å². The maximum atomic E-state index is 11.1. The number of nitrogens with one attached hydrogen (secondary N) is 1. The molecule has 1 atom stereocenters. The van der Waals surface area contributed by atoms with E-state index in [0.717, 1.165) is 5.75 Å². The molecule has 0 spiro atoms. The van der Waals surface area contributed by atoms with E-state index < -0.39 is 0 Å². The van der Waals surface area contributed by atoms with Gasteiger partial charge in [0.15, 0.2) is 0 Å². The SMILES string of the molecule is CCOC(=O)/C=C/CNC1COc2ccccc21. The molecule has 2 rings (SSSR count). The number of carbonyl (C=O) groups excluding carboxylic acids is 1. The minimum absolute atomic E-state index is 0.188. The molecule has 0 fully saturated rings. The molecule has 4 nitrogen and oxygen atoms in total. The van der Waals surface area contributed by atoms with Crippen LogP contribution >= 0.6 is 0 Å². The van der Waals surface area contributed by atoms with E-state index in [-0.39, 0.29) is 12.0 Å². The highest BCUT2D eigenvalue weighted by Gasteiger charge is 2.22. The zero-order valence-electron chi connectivity index (χ0n) is 10.4. The van der Waals surface area contributed by atoms with E-state index in [2.05, 4.69) is 11.4 Å². The monoisotopic (exact) mass is 247 g/mol. The van der Waals surface area contributed by atoms with Crippen LogP contribution < -0.4 is 10.1 Å². The van der Waals surface area contributed by atoms with Gasteiger partial charge >= 0.3 is 5.97 Å². The summed E-state index contributed by atoms with van der Waals surface area (Å²) in [5.74, 6) is 0.631. The number of para-hydroxylation sites is 1. The quantitative estimate of drug-likeness (QED) is 0.637. The van der Waals surface area contributed by atoms with Gasteiger partial charge < -0.3 is 14.8 Å². The summed E-state index contributed by atoms with van der Waals surface area (Å²) in [5.41, 5.74) is 1.17. The smallest absolute Gasteiger partial charge is 0.330 e. The standard InChI is InChI=1S/C14H17NO3/c1-2-17-14(16)8-5-9-15-12-10-18-13-7-4-3-6-11(12)13/h3-8,12,15H,2,9-10H2,1H3/b8-5+. The number of carbonyl (C=O) groups is 1. The molecule has 0 aromatic heterocycles. The number of ether oxygens (including phenoxy) is 2. The van der Waals surface area contributed by atoms with Gasteiger partial charge in [-0.05, 0) is 13.0 Å². The van der Waals surface area contributed by atoms with Crippen LogP contribution in [-0.4, -0.2) is 25.7 Å². The molecule has 1 aromatic carbocycles. The second kappa shape index (κ2) is 6.21. The topological polar surface area (TPSA) is 47.6 Å². The van der Waals surface area contributed by atoms with Crippen molar-refractivity contribution in [2.75, 3.05) is 19.8 Å². The zero-order chi connectivity index (χ0) is 12.8. The second-order valence-corrected chi connectivity index (χ2v) is 3.96. The Kier molecular flexibility index (Phi) is 4.36. The first-order valence-electron chi connectivity index (χ1n) is 6.09. The van der Waals surface area contributed by atoms with Crippen LogP contribution in [0.1, 0.15) is 18.5 Å². The number of fused-ring (bicyclic) bond motifs is 1. The lowest BCUT2D eigenvalue weighted by atomic mass is 10.1. The third-order valence-electron chi connectivity index (χ3n) is 2.72. The van der Waals surface area contributed by atoms with Gasteiger partial charge in [0.2, 0.25) is 0 Å². The Morgan fingerprint density at radius 1 is 1.56 bits per heavy atom. The van der Waals surface area contributed by atoms with Crippen LogP contribution in [0.25, 0.3) is 0 Å². The average molecular weight is 247 g/mol. The fourth-order valence-electron chi connectivity index (χ4n) is 1.89. The molecular weight excluding hydrogens is 230 g/mol. The molecule has 0 saturated heterocycles. The summed E-state index contributed by atoms with van der Waals surface area (Å²) in [6.45, 7) is 3.44. The van der Waals surface area contributed by atoms with Gasteiger partial charge in [-0.1, -0.05) is 24.3 Å². The Bertz CT molecular complexity index is 442. The van der Waals surface area contributed by atoms with Gasteiger partial charge in [-0.3, -0.25) is 0 Å². The molecular formula is C14H17NO3. The molecule has 1 unspecified atom stereocenters. The molecule has 0 radical (unpaired) electrons. The highest BCUT2D eigenvalue weighted by atomic mass is 16.5. The molecule has 1 aromatic rings. The lowest BCUT2D eigenvalue weighted by molar-refractivity contribution is -0.137. The van der Waals surface area contributed by atoms with Gasteiger partial charge in [-0.2, -0.15) is 0 Å². The van der Waals surface area contributed by atoms with Gasteiger partial charge in [-0.25, -0.2) is 4.79 Å². The van der Waals surface area contributed by atoms with E-state index in [0.29, 0.717) is 19.8 Å². The predicted molar refractivity (Wildman–Crippen MR) is 68.5 cm³/mol. The Balaban J connectivity index is 1.81. The Morgan fingerprint density at radius 2 is 2.39 bits per heavy atom. The van der Waals surface area contributed by atoms with Crippen LogP contribution in [0.15, 0.2) is 36.4 Å². The van der Waals surface area contributed by atoms with Crippen LogP contribution in [0.3, 0.4) is 0 Å². The zero-order valence-corrected chi connectivity index (χ0v) is 10.4. The first kappa shape index (κ1) is 12.6. The Hall–Kier alpha value is -1.81. The molecule has 0 saturated carbocycles. The van der Waals surface area contributed by atoms with Crippen molar-refractivity contribution in [3.05, 3.63) is 42.0 Å². The summed E-state index contributed by atoms with van der Waals surface area (Å²) in [5, 5.41) is 3.32. The van der Waals surface area contributed by atoms with Crippen molar-refractivity contribution in [1.29, 1.82) is 0 Å². The number of hydrogen-bond donors (Lipinski definition) is 1. The van der Waals surface area contributed by atoms with Crippen molar-refractivity contribution in [3.63, 3.8) is 0 Å². The van der Waals surface area contributed by atoms with E-state index in [9.17, 15) is 4.79 Å². The molecule has 0 aliphatic carbocycles. The summed E-state index contributed by atoms with van der Waals surface area (Å²) >= 11 is 0. The van der Waals surface area contributed by atoms with Crippen LogP contribution in [-0.2, 0) is 9.53 Å². The van der Waals surface area contributed by atoms with E-state index in [4.69, 9.17) is 9.47 Å². The number of rotatable bonds is 5. The largest absolute Gasteiger partial charge is 0.491 e. The molecule has 1 N–H and O–H groups in total. The van der Waals surface area contributed by atoms with Gasteiger partial charge in [-0.15, -0.1) is 0 Å². The number of esters is 1. The molecule has 1 aliphatic heterocycles. The normalized spacial score (nSPS) is 17.5. The summed E-state index contributed by atoms with van der Waals surface area (Å²) < 4.78 is 10.3. The minimum Gasteiger partial charge on any atom is -0.491 e. The van der Waals surface area contributed by atoms with E-state index >= 15 is 0 Å². The minimum atomic E-state index is -0.303. The summed E-state index contributed by atoms with van der Waals surface area (Å²) in [7, 11) is 0. The van der Waals surface area contributed by atoms with Crippen molar-refractivity contribution in [1.82, 2.24) is 5.32 Å². The summed E-state index contributed by atoms with van der Waals surface area (Å²) in [4.78, 5) is 11.1. The maximum absolute atomic E-state index is 11.1. The third kappa shape index (κ3) is 3.11. The molecule has 1 heterocycles. The molecule has 0 amide bonds. The van der Waals surface area contributed by atoms with E-state index in [1.165, 1.54) is 11.6 Å². The fourth-order valence-corrected chi connectivity index (χ4v) is 1.89. The van der Waals surface area contributed by atoms with E-state index in [1.807, 2.05) is 18.2 Å². The van der Waals surface area contributed by atoms with Crippen molar-refractivity contribution in [3.8, 4) is 5.75 Å². The molecule has 96 valence electrons. The van der Waals surface area contributed by atoms with Crippen LogP contribution in [0.2, 0.25) is 0 Å². The fraction of sp³-hybridized carbons (Fsp3) is 0.357. The highest BCUT2D eigenvalue weighted by molar-refractivity contribution is 5.81. The third-order valence-corrected chi connectivity index (χ3v) is 2.72. The van der Waals surface area contributed by atoms with Crippen molar-refractivity contribution >= 4 is 5.97 Å². The van der Waals surface area contributed by atoms with Crippen molar-refractivity contribution < 1.29 is 14.3 Å². The molecule has 18 heavy (non-hydrogen) atoms.